The molecular formula is C17H27NO2. The van der Waals surface area contributed by atoms with Crippen molar-refractivity contribution >= 4 is 0 Å². The van der Waals surface area contributed by atoms with Crippen molar-refractivity contribution in [3.8, 4) is 5.75 Å². The third-order valence-corrected chi connectivity index (χ3v) is 3.84. The van der Waals surface area contributed by atoms with Crippen LogP contribution in [0.3, 0.4) is 0 Å². The average Bonchev–Trinajstić information content (AvgIpc) is 2.74. The molecule has 3 nitrogen and oxygen atoms in total. The van der Waals surface area contributed by atoms with E-state index in [0.717, 1.165) is 12.3 Å². The van der Waals surface area contributed by atoms with Crippen molar-refractivity contribution in [2.75, 3.05) is 20.3 Å². The summed E-state index contributed by atoms with van der Waals surface area (Å²) in [5, 5.41) is 3.16. The van der Waals surface area contributed by atoms with Gasteiger partial charge >= 0.3 is 0 Å². The molecule has 0 aliphatic heterocycles. The lowest BCUT2D eigenvalue weighted by atomic mass is 10.1. The first-order valence-corrected chi connectivity index (χ1v) is 7.87. The standard InChI is InChI=1S/C17H27NO2/c1-18-14-15-8-6-7-11-17(15)20-13-12-19-16-9-4-2-3-5-10-16/h6-8,11,16,18H,2-5,9-10,12-14H2,1H3. The quantitative estimate of drug-likeness (QED) is 0.611. The van der Waals surface area contributed by atoms with Gasteiger partial charge in [-0.05, 0) is 26.0 Å². The fourth-order valence-corrected chi connectivity index (χ4v) is 2.76. The van der Waals surface area contributed by atoms with Crippen LogP contribution < -0.4 is 10.1 Å². The Morgan fingerprint density at radius 3 is 2.55 bits per heavy atom. The third-order valence-electron chi connectivity index (χ3n) is 3.84. The highest BCUT2D eigenvalue weighted by atomic mass is 16.5. The summed E-state index contributed by atoms with van der Waals surface area (Å²) in [6.45, 7) is 2.16. The molecule has 1 saturated carbocycles. The van der Waals surface area contributed by atoms with Crippen LogP contribution in [0, 0.1) is 0 Å². The molecule has 1 N–H and O–H groups in total. The van der Waals surface area contributed by atoms with Gasteiger partial charge in [0.2, 0.25) is 0 Å². The van der Waals surface area contributed by atoms with Crippen LogP contribution in [0.5, 0.6) is 5.75 Å². The van der Waals surface area contributed by atoms with E-state index in [1.807, 2.05) is 25.2 Å². The van der Waals surface area contributed by atoms with Crippen LogP contribution in [0.15, 0.2) is 24.3 Å². The highest BCUT2D eigenvalue weighted by Gasteiger charge is 2.12. The maximum Gasteiger partial charge on any atom is 0.123 e. The molecular weight excluding hydrogens is 250 g/mol. The maximum absolute atomic E-state index is 5.94. The van der Waals surface area contributed by atoms with E-state index in [-0.39, 0.29) is 0 Å². The van der Waals surface area contributed by atoms with Crippen LogP contribution in [-0.2, 0) is 11.3 Å². The fourth-order valence-electron chi connectivity index (χ4n) is 2.76. The van der Waals surface area contributed by atoms with E-state index >= 15 is 0 Å². The minimum atomic E-state index is 0.452. The number of ether oxygens (including phenoxy) is 2. The minimum absolute atomic E-state index is 0.452. The summed E-state index contributed by atoms with van der Waals surface area (Å²) in [6, 6.07) is 8.18. The molecule has 3 heteroatoms. The van der Waals surface area contributed by atoms with Gasteiger partial charge in [-0.25, -0.2) is 0 Å². The normalized spacial score (nSPS) is 16.9. The highest BCUT2D eigenvalue weighted by molar-refractivity contribution is 5.33. The predicted molar refractivity (Wildman–Crippen MR) is 82.1 cm³/mol. The largest absolute Gasteiger partial charge is 0.491 e. The van der Waals surface area contributed by atoms with Crippen molar-refractivity contribution in [2.45, 2.75) is 51.2 Å². The Kier molecular flexibility index (Phi) is 6.89. The number of para-hydroxylation sites is 1. The van der Waals surface area contributed by atoms with E-state index < -0.39 is 0 Å². The number of benzene rings is 1. The summed E-state index contributed by atoms with van der Waals surface area (Å²) < 4.78 is 11.8. The van der Waals surface area contributed by atoms with E-state index in [4.69, 9.17) is 9.47 Å². The zero-order chi connectivity index (χ0) is 14.0. The summed E-state index contributed by atoms with van der Waals surface area (Å²) in [7, 11) is 1.95. The average molecular weight is 277 g/mol. The topological polar surface area (TPSA) is 30.5 Å². The molecule has 0 saturated heterocycles. The molecule has 0 bridgehead atoms. The van der Waals surface area contributed by atoms with Crippen molar-refractivity contribution in [3.63, 3.8) is 0 Å². The molecule has 1 aromatic rings. The Morgan fingerprint density at radius 2 is 1.80 bits per heavy atom. The van der Waals surface area contributed by atoms with Gasteiger partial charge in [-0.2, -0.15) is 0 Å². The van der Waals surface area contributed by atoms with Crippen molar-refractivity contribution in [1.82, 2.24) is 5.32 Å². The van der Waals surface area contributed by atoms with Crippen LogP contribution in [0.2, 0.25) is 0 Å². The molecule has 0 unspecified atom stereocenters. The molecule has 0 heterocycles. The second-order valence-electron chi connectivity index (χ2n) is 5.47. The maximum atomic E-state index is 5.94. The molecule has 0 amide bonds. The molecule has 112 valence electrons. The Morgan fingerprint density at radius 1 is 1.05 bits per heavy atom. The fraction of sp³-hybridized carbons (Fsp3) is 0.647. The lowest BCUT2D eigenvalue weighted by molar-refractivity contribution is 0.0252. The van der Waals surface area contributed by atoms with E-state index in [9.17, 15) is 0 Å². The van der Waals surface area contributed by atoms with Gasteiger partial charge in [0.1, 0.15) is 12.4 Å². The summed E-state index contributed by atoms with van der Waals surface area (Å²) >= 11 is 0. The van der Waals surface area contributed by atoms with Crippen molar-refractivity contribution < 1.29 is 9.47 Å². The van der Waals surface area contributed by atoms with Gasteiger partial charge in [-0.1, -0.05) is 43.9 Å². The third kappa shape index (κ3) is 5.14. The van der Waals surface area contributed by atoms with Gasteiger partial charge in [0, 0.05) is 12.1 Å². The first-order chi connectivity index (χ1) is 9.90. The van der Waals surface area contributed by atoms with Crippen molar-refractivity contribution in [1.29, 1.82) is 0 Å². The molecule has 0 aromatic heterocycles. The van der Waals surface area contributed by atoms with Crippen LogP contribution in [-0.4, -0.2) is 26.4 Å². The zero-order valence-corrected chi connectivity index (χ0v) is 12.6. The van der Waals surface area contributed by atoms with Gasteiger partial charge in [-0.15, -0.1) is 0 Å². The molecule has 1 aliphatic carbocycles. The smallest absolute Gasteiger partial charge is 0.123 e. The van der Waals surface area contributed by atoms with Gasteiger partial charge in [0.25, 0.3) is 0 Å². The van der Waals surface area contributed by atoms with Gasteiger partial charge in [0.05, 0.1) is 12.7 Å². The lowest BCUT2D eigenvalue weighted by Crippen LogP contribution is -2.17. The second-order valence-corrected chi connectivity index (χ2v) is 5.47. The SMILES string of the molecule is CNCc1ccccc1OCCOC1CCCCCC1. The number of hydrogen-bond acceptors (Lipinski definition) is 3. The monoisotopic (exact) mass is 277 g/mol. The number of nitrogens with one attached hydrogen (secondary N) is 1. The zero-order valence-electron chi connectivity index (χ0n) is 12.6. The summed E-state index contributed by atoms with van der Waals surface area (Å²) in [5.74, 6) is 0.964. The Labute approximate surface area is 122 Å². The Hall–Kier alpha value is -1.06. The number of hydrogen-bond donors (Lipinski definition) is 1. The Bertz CT molecular complexity index is 373. The van der Waals surface area contributed by atoms with E-state index in [1.54, 1.807) is 0 Å². The van der Waals surface area contributed by atoms with Gasteiger partial charge in [0.15, 0.2) is 0 Å². The molecule has 0 radical (unpaired) electrons. The molecule has 2 rings (SSSR count). The lowest BCUT2D eigenvalue weighted by Gasteiger charge is -2.16. The molecule has 1 aliphatic rings. The Balaban J connectivity index is 1.70. The van der Waals surface area contributed by atoms with E-state index in [2.05, 4.69) is 11.4 Å². The van der Waals surface area contributed by atoms with Gasteiger partial charge < -0.3 is 14.8 Å². The van der Waals surface area contributed by atoms with Crippen LogP contribution in [0.25, 0.3) is 0 Å². The molecule has 0 atom stereocenters. The molecule has 1 fully saturated rings. The second kappa shape index (κ2) is 8.98. The van der Waals surface area contributed by atoms with Crippen molar-refractivity contribution in [3.05, 3.63) is 29.8 Å². The number of rotatable bonds is 7. The van der Waals surface area contributed by atoms with Crippen LogP contribution in [0.4, 0.5) is 0 Å². The molecule has 1 aromatic carbocycles. The van der Waals surface area contributed by atoms with E-state index in [1.165, 1.54) is 44.1 Å². The van der Waals surface area contributed by atoms with Crippen LogP contribution in [0.1, 0.15) is 44.1 Å². The van der Waals surface area contributed by atoms with Crippen LogP contribution >= 0.6 is 0 Å². The first kappa shape index (κ1) is 15.3. The van der Waals surface area contributed by atoms with E-state index in [0.29, 0.717) is 19.3 Å². The summed E-state index contributed by atoms with van der Waals surface area (Å²) in [6.07, 6.45) is 8.26. The predicted octanol–water partition coefficient (Wildman–Crippen LogP) is 3.52. The summed E-state index contributed by atoms with van der Waals surface area (Å²) in [5.41, 5.74) is 1.20. The van der Waals surface area contributed by atoms with Crippen molar-refractivity contribution in [2.24, 2.45) is 0 Å². The molecule has 20 heavy (non-hydrogen) atoms. The molecule has 0 spiro atoms. The minimum Gasteiger partial charge on any atom is -0.491 e. The summed E-state index contributed by atoms with van der Waals surface area (Å²) in [4.78, 5) is 0. The first-order valence-electron chi connectivity index (χ1n) is 7.87. The van der Waals surface area contributed by atoms with Gasteiger partial charge in [-0.3, -0.25) is 0 Å². The highest BCUT2D eigenvalue weighted by Crippen LogP contribution is 2.20.